The normalized spacial score (nSPS) is 14.7. The molecule has 0 aliphatic heterocycles. The lowest BCUT2D eigenvalue weighted by Gasteiger charge is -2.17. The van der Waals surface area contributed by atoms with Gasteiger partial charge < -0.3 is 5.73 Å². The van der Waals surface area contributed by atoms with Crippen LogP contribution in [0.3, 0.4) is 0 Å². The number of rotatable bonds is 13. The molecule has 0 aliphatic rings. The van der Waals surface area contributed by atoms with E-state index in [-0.39, 0.29) is 0 Å². The van der Waals surface area contributed by atoms with Gasteiger partial charge in [-0.05, 0) is 18.4 Å². The second kappa shape index (κ2) is 13.4. The summed E-state index contributed by atoms with van der Waals surface area (Å²) in [6.07, 6.45) is 15.7. The second-order valence-electron chi connectivity index (χ2n) is 6.16. The Morgan fingerprint density at radius 3 is 1.56 bits per heavy atom. The van der Waals surface area contributed by atoms with Crippen LogP contribution >= 0.6 is 0 Å². The van der Waals surface area contributed by atoms with Crippen LogP contribution in [0.1, 0.15) is 91.4 Å². The molecule has 1 nitrogen and oxygen atoms in total. The molecule has 0 radical (unpaired) electrons. The number of nitrogens with two attached hydrogens (primary N) is 1. The number of hydrogen-bond donors (Lipinski definition) is 1. The van der Waals surface area contributed by atoms with Crippen molar-refractivity contribution in [1.29, 1.82) is 0 Å². The predicted molar refractivity (Wildman–Crippen MR) is 83.8 cm³/mol. The topological polar surface area (TPSA) is 26.0 Å². The van der Waals surface area contributed by atoms with Crippen LogP contribution in [0.2, 0.25) is 0 Å². The maximum atomic E-state index is 5.69. The first-order chi connectivity index (χ1) is 8.72. The van der Waals surface area contributed by atoms with Gasteiger partial charge in [-0.15, -0.1) is 0 Å². The smallest absolute Gasteiger partial charge is 0.00490 e. The predicted octanol–water partition coefficient (Wildman–Crippen LogP) is 5.53. The molecule has 0 unspecified atom stereocenters. The highest BCUT2D eigenvalue weighted by atomic mass is 14.5. The highest BCUT2D eigenvalue weighted by Crippen LogP contribution is 2.18. The first kappa shape index (κ1) is 18.0. The van der Waals surface area contributed by atoms with Crippen LogP contribution in [0.25, 0.3) is 0 Å². The van der Waals surface area contributed by atoms with E-state index in [2.05, 4.69) is 20.8 Å². The van der Waals surface area contributed by atoms with Crippen LogP contribution in [0, 0.1) is 11.8 Å². The third kappa shape index (κ3) is 11.1. The van der Waals surface area contributed by atoms with Gasteiger partial charge in [-0.25, -0.2) is 0 Å². The molecule has 110 valence electrons. The van der Waals surface area contributed by atoms with Crippen molar-refractivity contribution in [3.8, 4) is 0 Å². The summed E-state index contributed by atoms with van der Waals surface area (Å²) in [4.78, 5) is 0. The Balaban J connectivity index is 3.11. The Bertz CT molecular complexity index is 156. The molecule has 0 amide bonds. The largest absolute Gasteiger partial charge is 0.330 e. The zero-order valence-corrected chi connectivity index (χ0v) is 13.2. The highest BCUT2D eigenvalue weighted by molar-refractivity contribution is 4.62. The summed E-state index contributed by atoms with van der Waals surface area (Å²) in [7, 11) is 0. The minimum atomic E-state index is 0.698. The van der Waals surface area contributed by atoms with Gasteiger partial charge in [0.15, 0.2) is 0 Å². The molecule has 0 fully saturated rings. The lowest BCUT2D eigenvalue weighted by molar-refractivity contribution is 0.357. The molecule has 0 saturated carbocycles. The van der Waals surface area contributed by atoms with E-state index in [0.29, 0.717) is 5.92 Å². The molecule has 18 heavy (non-hydrogen) atoms. The van der Waals surface area contributed by atoms with Crippen LogP contribution in [0.5, 0.6) is 0 Å². The molecule has 0 aliphatic carbocycles. The zero-order chi connectivity index (χ0) is 13.6. The van der Waals surface area contributed by atoms with Gasteiger partial charge in [0.25, 0.3) is 0 Å². The van der Waals surface area contributed by atoms with E-state index in [1.807, 2.05) is 0 Å². The fourth-order valence-electron chi connectivity index (χ4n) is 2.47. The molecule has 0 aromatic rings. The molecule has 0 aromatic carbocycles. The van der Waals surface area contributed by atoms with E-state index in [1.54, 1.807) is 0 Å². The Kier molecular flexibility index (Phi) is 13.4. The van der Waals surface area contributed by atoms with Gasteiger partial charge in [0.05, 0.1) is 0 Å². The lowest BCUT2D eigenvalue weighted by Crippen LogP contribution is -2.18. The van der Waals surface area contributed by atoms with Crippen LogP contribution in [-0.2, 0) is 0 Å². The summed E-state index contributed by atoms with van der Waals surface area (Å²) in [6, 6.07) is 0. The molecule has 1 heteroatoms. The Labute approximate surface area is 116 Å². The molecular formula is C17H37N. The fourth-order valence-corrected chi connectivity index (χ4v) is 2.47. The Hall–Kier alpha value is -0.0400. The maximum absolute atomic E-state index is 5.69. The SMILES string of the molecule is CCCCCCCCCCCC[C@H](C)[C@H](C)CN. The fraction of sp³-hybridized carbons (Fsp3) is 1.00. The van der Waals surface area contributed by atoms with E-state index in [9.17, 15) is 0 Å². The third-order valence-electron chi connectivity index (χ3n) is 4.36. The summed E-state index contributed by atoms with van der Waals surface area (Å²) in [6.45, 7) is 7.76. The minimum Gasteiger partial charge on any atom is -0.330 e. The molecular weight excluding hydrogens is 218 g/mol. The highest BCUT2D eigenvalue weighted by Gasteiger charge is 2.09. The summed E-state index contributed by atoms with van der Waals surface area (Å²) < 4.78 is 0. The zero-order valence-electron chi connectivity index (χ0n) is 13.2. The molecule has 0 bridgehead atoms. The first-order valence-corrected chi connectivity index (χ1v) is 8.42. The molecule has 0 saturated heterocycles. The van der Waals surface area contributed by atoms with Crippen molar-refractivity contribution in [2.24, 2.45) is 17.6 Å². The maximum Gasteiger partial charge on any atom is -0.00490 e. The minimum absolute atomic E-state index is 0.698. The number of unbranched alkanes of at least 4 members (excludes halogenated alkanes) is 9. The van der Waals surface area contributed by atoms with Gasteiger partial charge in [0.2, 0.25) is 0 Å². The molecule has 0 rings (SSSR count). The Morgan fingerprint density at radius 2 is 1.11 bits per heavy atom. The van der Waals surface area contributed by atoms with Crippen molar-refractivity contribution >= 4 is 0 Å². The summed E-state index contributed by atoms with van der Waals surface area (Å²) in [5.41, 5.74) is 5.69. The van der Waals surface area contributed by atoms with Crippen molar-refractivity contribution < 1.29 is 0 Å². The summed E-state index contributed by atoms with van der Waals surface area (Å²) in [5.74, 6) is 1.51. The van der Waals surface area contributed by atoms with Crippen molar-refractivity contribution in [2.45, 2.75) is 91.4 Å². The second-order valence-corrected chi connectivity index (χ2v) is 6.16. The van der Waals surface area contributed by atoms with Crippen molar-refractivity contribution in [3.63, 3.8) is 0 Å². The van der Waals surface area contributed by atoms with Crippen molar-refractivity contribution in [2.75, 3.05) is 6.54 Å². The molecule has 2 atom stereocenters. The monoisotopic (exact) mass is 255 g/mol. The van der Waals surface area contributed by atoms with Gasteiger partial charge in [-0.2, -0.15) is 0 Å². The van der Waals surface area contributed by atoms with Crippen molar-refractivity contribution in [3.05, 3.63) is 0 Å². The van der Waals surface area contributed by atoms with Crippen molar-refractivity contribution in [1.82, 2.24) is 0 Å². The molecule has 2 N–H and O–H groups in total. The molecule has 0 aromatic heterocycles. The van der Waals surface area contributed by atoms with Gasteiger partial charge in [0, 0.05) is 0 Å². The standard InChI is InChI=1S/C17H37N/c1-4-5-6-7-8-9-10-11-12-13-14-16(2)17(3)15-18/h16-17H,4-15,18H2,1-3H3/t16-,17+/m0/s1. The molecule has 0 spiro atoms. The van der Waals surface area contributed by atoms with Crippen LogP contribution in [-0.4, -0.2) is 6.54 Å². The van der Waals surface area contributed by atoms with Crippen LogP contribution in [0.15, 0.2) is 0 Å². The van der Waals surface area contributed by atoms with Gasteiger partial charge in [0.1, 0.15) is 0 Å². The van der Waals surface area contributed by atoms with E-state index in [4.69, 9.17) is 5.73 Å². The summed E-state index contributed by atoms with van der Waals surface area (Å²) >= 11 is 0. The lowest BCUT2D eigenvalue weighted by atomic mass is 9.90. The average molecular weight is 255 g/mol. The van der Waals surface area contributed by atoms with Crippen LogP contribution in [0.4, 0.5) is 0 Å². The summed E-state index contributed by atoms with van der Waals surface area (Å²) in [5, 5.41) is 0. The van der Waals surface area contributed by atoms with Gasteiger partial charge >= 0.3 is 0 Å². The Morgan fingerprint density at radius 1 is 0.667 bits per heavy atom. The quantitative estimate of drug-likeness (QED) is 0.430. The van der Waals surface area contributed by atoms with Gasteiger partial charge in [-0.1, -0.05) is 91.4 Å². The number of hydrogen-bond acceptors (Lipinski definition) is 1. The third-order valence-corrected chi connectivity index (χ3v) is 4.36. The van der Waals surface area contributed by atoms with Crippen LogP contribution < -0.4 is 5.73 Å². The average Bonchev–Trinajstić information content (AvgIpc) is 2.39. The van der Waals surface area contributed by atoms with E-state index in [1.165, 1.54) is 70.6 Å². The molecule has 0 heterocycles. The van der Waals surface area contributed by atoms with E-state index in [0.717, 1.165) is 12.5 Å². The first-order valence-electron chi connectivity index (χ1n) is 8.42. The van der Waals surface area contributed by atoms with E-state index < -0.39 is 0 Å². The van der Waals surface area contributed by atoms with E-state index >= 15 is 0 Å². The van der Waals surface area contributed by atoms with Gasteiger partial charge in [-0.3, -0.25) is 0 Å².